The summed E-state index contributed by atoms with van der Waals surface area (Å²) in [4.78, 5) is 0. The Hall–Kier alpha value is -0.780. The van der Waals surface area contributed by atoms with Gasteiger partial charge in [-0.25, -0.2) is 0 Å². The molecule has 5 heteroatoms. The predicted octanol–water partition coefficient (Wildman–Crippen LogP) is -0.890. The van der Waals surface area contributed by atoms with Crippen molar-refractivity contribution in [1.82, 2.24) is 0 Å². The fourth-order valence-electron chi connectivity index (χ4n) is 0.806. The van der Waals surface area contributed by atoms with Gasteiger partial charge < -0.3 is 24.8 Å². The average Bonchev–Trinajstić information content (AvgIpc) is 2.01. The minimum atomic E-state index is -1.33. The van der Waals surface area contributed by atoms with Crippen LogP contribution >= 0.6 is 0 Å². The molecule has 0 radical (unpaired) electrons. The number of aliphatic hydroxyl groups excluding tert-OH is 3. The minimum absolute atomic E-state index is 0.397. The first kappa shape index (κ1) is 8.32. The van der Waals surface area contributed by atoms with Gasteiger partial charge in [0, 0.05) is 7.11 Å². The van der Waals surface area contributed by atoms with Gasteiger partial charge in [0.2, 0.25) is 6.29 Å². The number of ether oxygens (including phenoxy) is 2. The molecule has 0 aromatic carbocycles. The maximum Gasteiger partial charge on any atom is 0.228 e. The van der Waals surface area contributed by atoms with Crippen LogP contribution in [0.2, 0.25) is 0 Å². The van der Waals surface area contributed by atoms with E-state index in [9.17, 15) is 0 Å². The molecule has 64 valence electrons. The summed E-state index contributed by atoms with van der Waals surface area (Å²) in [5.41, 5.74) is 0. The molecule has 0 aromatic rings. The lowest BCUT2D eigenvalue weighted by atomic mass is 10.1. The molecule has 0 bridgehead atoms. The van der Waals surface area contributed by atoms with Gasteiger partial charge in [0.1, 0.15) is 18.5 Å². The highest BCUT2D eigenvalue weighted by Crippen LogP contribution is 2.16. The standard InChI is InChI=1S/C6H10O5/c1-10-6-5(9)4(8)3(7)2-11-6/h2,4-9H,1H3/t4-,5+,6+/m0/s1. The van der Waals surface area contributed by atoms with Gasteiger partial charge in [-0.3, -0.25) is 0 Å². The van der Waals surface area contributed by atoms with Crippen LogP contribution < -0.4 is 0 Å². The predicted molar refractivity (Wildman–Crippen MR) is 34.6 cm³/mol. The van der Waals surface area contributed by atoms with Crippen LogP contribution in [0.5, 0.6) is 0 Å². The molecule has 3 N–H and O–H groups in total. The van der Waals surface area contributed by atoms with Gasteiger partial charge in [-0.2, -0.15) is 0 Å². The summed E-state index contributed by atoms with van der Waals surface area (Å²) >= 11 is 0. The fourth-order valence-corrected chi connectivity index (χ4v) is 0.806. The highest BCUT2D eigenvalue weighted by Gasteiger charge is 2.34. The molecule has 0 aromatic heterocycles. The Bertz CT molecular complexity index is 166. The van der Waals surface area contributed by atoms with E-state index in [0.717, 1.165) is 6.26 Å². The highest BCUT2D eigenvalue weighted by molar-refractivity contribution is 5.01. The minimum Gasteiger partial charge on any atom is -0.506 e. The largest absolute Gasteiger partial charge is 0.506 e. The average molecular weight is 162 g/mol. The number of aliphatic hydroxyl groups is 3. The van der Waals surface area contributed by atoms with E-state index in [2.05, 4.69) is 9.47 Å². The van der Waals surface area contributed by atoms with Crippen LogP contribution in [0, 0.1) is 0 Å². The Balaban J connectivity index is 2.68. The van der Waals surface area contributed by atoms with Crippen molar-refractivity contribution in [2.45, 2.75) is 18.5 Å². The molecule has 0 saturated heterocycles. The quantitative estimate of drug-likeness (QED) is 0.466. The molecule has 1 heterocycles. The van der Waals surface area contributed by atoms with Gasteiger partial charge in [-0.1, -0.05) is 0 Å². The topological polar surface area (TPSA) is 79.2 Å². The van der Waals surface area contributed by atoms with E-state index in [4.69, 9.17) is 15.3 Å². The Kier molecular flexibility index (Phi) is 2.33. The smallest absolute Gasteiger partial charge is 0.228 e. The van der Waals surface area contributed by atoms with E-state index < -0.39 is 24.3 Å². The van der Waals surface area contributed by atoms with Gasteiger partial charge in [-0.05, 0) is 0 Å². The summed E-state index contributed by atoms with van der Waals surface area (Å²) in [6.07, 6.45) is -2.54. The molecule has 3 atom stereocenters. The van der Waals surface area contributed by atoms with Crippen LogP contribution in [0.4, 0.5) is 0 Å². The molecule has 1 aliphatic rings. The Morgan fingerprint density at radius 3 is 2.73 bits per heavy atom. The van der Waals surface area contributed by atoms with Crippen molar-refractivity contribution in [1.29, 1.82) is 0 Å². The van der Waals surface area contributed by atoms with Crippen molar-refractivity contribution in [3.63, 3.8) is 0 Å². The number of rotatable bonds is 1. The van der Waals surface area contributed by atoms with Crippen molar-refractivity contribution in [2.24, 2.45) is 0 Å². The molecule has 1 rings (SSSR count). The molecular formula is C6H10O5. The summed E-state index contributed by atoms with van der Waals surface area (Å²) in [5.74, 6) is -0.397. The lowest BCUT2D eigenvalue weighted by molar-refractivity contribution is -0.192. The third-order valence-electron chi connectivity index (χ3n) is 1.46. The van der Waals surface area contributed by atoms with Crippen LogP contribution in [0.25, 0.3) is 0 Å². The molecule has 0 amide bonds. The van der Waals surface area contributed by atoms with Gasteiger partial charge in [-0.15, -0.1) is 0 Å². The maximum absolute atomic E-state index is 9.11. The molecule has 0 aliphatic carbocycles. The van der Waals surface area contributed by atoms with E-state index in [1.165, 1.54) is 7.11 Å². The zero-order valence-corrected chi connectivity index (χ0v) is 5.97. The molecule has 0 fully saturated rings. The number of hydrogen-bond donors (Lipinski definition) is 3. The Labute approximate surface area is 63.5 Å². The van der Waals surface area contributed by atoms with Crippen molar-refractivity contribution in [3.05, 3.63) is 12.0 Å². The van der Waals surface area contributed by atoms with Crippen LogP contribution in [-0.2, 0) is 9.47 Å². The Morgan fingerprint density at radius 1 is 1.55 bits per heavy atom. The first-order chi connectivity index (χ1) is 5.16. The van der Waals surface area contributed by atoms with E-state index >= 15 is 0 Å². The number of hydrogen-bond acceptors (Lipinski definition) is 5. The third-order valence-corrected chi connectivity index (χ3v) is 1.46. The second-order valence-electron chi connectivity index (χ2n) is 2.22. The SMILES string of the molecule is CO[C@@H]1OC=C(O)[C@H](O)[C@H]1O. The van der Waals surface area contributed by atoms with E-state index in [-0.39, 0.29) is 0 Å². The van der Waals surface area contributed by atoms with E-state index in [1.807, 2.05) is 0 Å². The van der Waals surface area contributed by atoms with Crippen LogP contribution in [0.15, 0.2) is 12.0 Å². The zero-order chi connectivity index (χ0) is 8.43. The first-order valence-corrected chi connectivity index (χ1v) is 3.10. The molecule has 1 aliphatic heterocycles. The molecular weight excluding hydrogens is 152 g/mol. The van der Waals surface area contributed by atoms with Crippen LogP contribution in [0.1, 0.15) is 0 Å². The Morgan fingerprint density at radius 2 is 2.18 bits per heavy atom. The normalized spacial score (nSPS) is 37.7. The molecule has 0 unspecified atom stereocenters. The van der Waals surface area contributed by atoms with Crippen LogP contribution in [-0.4, -0.2) is 40.9 Å². The maximum atomic E-state index is 9.11. The molecule has 0 saturated carbocycles. The molecule has 5 nitrogen and oxygen atoms in total. The summed E-state index contributed by atoms with van der Waals surface area (Å²) in [6.45, 7) is 0. The molecule has 0 spiro atoms. The fraction of sp³-hybridized carbons (Fsp3) is 0.667. The lowest BCUT2D eigenvalue weighted by Gasteiger charge is -2.28. The summed E-state index contributed by atoms with van der Waals surface area (Å²) in [6, 6.07) is 0. The second-order valence-corrected chi connectivity index (χ2v) is 2.22. The monoisotopic (exact) mass is 162 g/mol. The van der Waals surface area contributed by atoms with Gasteiger partial charge >= 0.3 is 0 Å². The molecule has 11 heavy (non-hydrogen) atoms. The second kappa shape index (κ2) is 3.08. The summed E-state index contributed by atoms with van der Waals surface area (Å²) in [7, 11) is 1.33. The number of methoxy groups -OCH3 is 1. The van der Waals surface area contributed by atoms with Gasteiger partial charge in [0.25, 0.3) is 0 Å². The van der Waals surface area contributed by atoms with Gasteiger partial charge in [0.15, 0.2) is 5.76 Å². The summed E-state index contributed by atoms with van der Waals surface area (Å²) < 4.78 is 9.31. The highest BCUT2D eigenvalue weighted by atomic mass is 16.7. The van der Waals surface area contributed by atoms with Crippen molar-refractivity contribution in [3.8, 4) is 0 Å². The third kappa shape index (κ3) is 1.45. The van der Waals surface area contributed by atoms with Crippen LogP contribution in [0.3, 0.4) is 0 Å². The summed E-state index contributed by atoms with van der Waals surface area (Å²) in [5, 5.41) is 27.0. The van der Waals surface area contributed by atoms with Crippen molar-refractivity contribution in [2.75, 3.05) is 7.11 Å². The first-order valence-electron chi connectivity index (χ1n) is 3.10. The van der Waals surface area contributed by atoms with Gasteiger partial charge in [0.05, 0.1) is 0 Å². The van der Waals surface area contributed by atoms with E-state index in [1.54, 1.807) is 0 Å². The van der Waals surface area contributed by atoms with Crippen molar-refractivity contribution < 1.29 is 24.8 Å². The zero-order valence-electron chi connectivity index (χ0n) is 5.97. The van der Waals surface area contributed by atoms with Crippen molar-refractivity contribution >= 4 is 0 Å². The lowest BCUT2D eigenvalue weighted by Crippen LogP contribution is -2.43. The van der Waals surface area contributed by atoms with E-state index in [0.29, 0.717) is 0 Å².